The van der Waals surface area contributed by atoms with E-state index in [1.54, 1.807) is 90.5 Å². The molecule has 2 atom stereocenters. The first kappa shape index (κ1) is 52.2. The number of nitrogens with one attached hydrogen (secondary N) is 6. The Morgan fingerprint density at radius 2 is 0.931 bits per heavy atom. The van der Waals surface area contributed by atoms with Crippen LogP contribution in [-0.2, 0) is 33.4 Å². The molecule has 7 N–H and O–H groups in total. The van der Waals surface area contributed by atoms with Crippen molar-refractivity contribution in [1.82, 2.24) is 51.9 Å². The number of amides is 10. The third kappa shape index (κ3) is 22.7. The lowest BCUT2D eigenvalue weighted by Crippen LogP contribution is -2.54. The molecule has 0 bridgehead atoms. The van der Waals surface area contributed by atoms with E-state index >= 15 is 0 Å². The second kappa shape index (κ2) is 23.5. The topological polar surface area (TPSA) is 287 Å². The predicted octanol–water partition coefficient (Wildman–Crippen LogP) is 1.09. The largest absolute Gasteiger partial charge is 0.480 e. The van der Waals surface area contributed by atoms with Crippen LogP contribution in [0.3, 0.4) is 0 Å². The first-order valence-electron chi connectivity index (χ1n) is 18.4. The van der Waals surface area contributed by atoms with Crippen molar-refractivity contribution in [3.05, 3.63) is 0 Å². The zero-order valence-corrected chi connectivity index (χ0v) is 35.9. The van der Waals surface area contributed by atoms with Gasteiger partial charge in [-0.15, -0.1) is 0 Å². The Hall–Kier alpha value is -5.77. The van der Waals surface area contributed by atoms with Crippen molar-refractivity contribution in [2.75, 3.05) is 54.4 Å². The number of carboxylic acid groups (broad SMARTS) is 1. The standard InChI is InChI=1S/C15H27N5O5.C10H20N4O4.C10H17NO4/c1-15(2,3)25-14(24)20-8-6-7-10(20)12(22)17-18-13(23)16-9-11(21)19(4)5;1-10(2,3)18-9(17)13-12-8(16)11-6-7(15)14(4)5;1-10(2,3)15-9(14)11-6-4-5-7(11)8(12)13/h10H,6-9H2,1-5H3,(H,17,22)(H2,16,18,23);6H2,1-5H3,(H,13,17)(H2,11,12,16);7H,4-6H2,1-3H3,(H,12,13)/t10-;;7-/m0.0/s1. The molecule has 2 fully saturated rings. The molecule has 0 radical (unpaired) electrons. The molecule has 0 unspecified atom stereocenters. The highest BCUT2D eigenvalue weighted by Crippen LogP contribution is 2.22. The minimum absolute atomic E-state index is 0.158. The fourth-order valence-corrected chi connectivity index (χ4v) is 4.47. The molecule has 2 aliphatic rings. The van der Waals surface area contributed by atoms with Gasteiger partial charge in [0.25, 0.3) is 5.91 Å². The van der Waals surface area contributed by atoms with Gasteiger partial charge in [-0.1, -0.05) is 0 Å². The van der Waals surface area contributed by atoms with Crippen LogP contribution in [0, 0.1) is 0 Å². The minimum Gasteiger partial charge on any atom is -0.480 e. The van der Waals surface area contributed by atoms with E-state index in [9.17, 15) is 43.2 Å². The van der Waals surface area contributed by atoms with Crippen LogP contribution in [0.5, 0.6) is 0 Å². The molecule has 2 rings (SSSR count). The van der Waals surface area contributed by atoms with Crippen LogP contribution in [0.1, 0.15) is 88.0 Å². The number of rotatable bonds is 6. The molecule has 0 aromatic carbocycles. The lowest BCUT2D eigenvalue weighted by Gasteiger charge is -2.28. The summed E-state index contributed by atoms with van der Waals surface area (Å²) in [6, 6.07) is -2.85. The second-order valence-electron chi connectivity index (χ2n) is 16.3. The number of likely N-dealkylation sites (N-methyl/N-ethyl adjacent to an activating group) is 2. The zero-order valence-electron chi connectivity index (χ0n) is 35.9. The maximum Gasteiger partial charge on any atom is 0.426 e. The molecular formula is C35H64N10O13. The molecule has 0 spiro atoms. The van der Waals surface area contributed by atoms with Crippen molar-refractivity contribution in [1.29, 1.82) is 0 Å². The number of carbonyl (C=O) groups is 9. The van der Waals surface area contributed by atoms with E-state index < -0.39 is 71.1 Å². The summed E-state index contributed by atoms with van der Waals surface area (Å²) >= 11 is 0. The summed E-state index contributed by atoms with van der Waals surface area (Å²) < 4.78 is 15.3. The number of carboxylic acids is 1. The van der Waals surface area contributed by atoms with Crippen LogP contribution in [0.25, 0.3) is 0 Å². The van der Waals surface area contributed by atoms with Gasteiger partial charge in [0.2, 0.25) is 11.8 Å². The molecule has 332 valence electrons. The molecule has 2 heterocycles. The number of aliphatic carboxylic acids is 1. The molecule has 0 aliphatic carbocycles. The van der Waals surface area contributed by atoms with E-state index in [2.05, 4.69) is 26.9 Å². The van der Waals surface area contributed by atoms with E-state index in [0.29, 0.717) is 32.4 Å². The number of ether oxygens (including phenoxy) is 3. The number of hydrazine groups is 2. The number of carbonyl (C=O) groups excluding carboxylic acids is 8. The van der Waals surface area contributed by atoms with E-state index in [-0.39, 0.29) is 24.9 Å². The molecule has 0 aromatic heterocycles. The quantitative estimate of drug-likeness (QED) is 0.146. The predicted molar refractivity (Wildman–Crippen MR) is 208 cm³/mol. The Kier molecular flexibility index (Phi) is 21.1. The monoisotopic (exact) mass is 832 g/mol. The third-order valence-corrected chi connectivity index (χ3v) is 7.12. The maximum absolute atomic E-state index is 12.2. The van der Waals surface area contributed by atoms with Gasteiger partial charge >= 0.3 is 36.3 Å². The Balaban J connectivity index is 0.000000873. The second-order valence-corrected chi connectivity index (χ2v) is 16.3. The molecule has 23 heteroatoms. The molecule has 2 aliphatic heterocycles. The molecule has 0 saturated carbocycles. The summed E-state index contributed by atoms with van der Waals surface area (Å²) in [5.74, 6) is -2.02. The van der Waals surface area contributed by atoms with Gasteiger partial charge < -0.3 is 39.8 Å². The van der Waals surface area contributed by atoms with Crippen LogP contribution in [0.2, 0.25) is 0 Å². The first-order chi connectivity index (χ1) is 26.4. The highest BCUT2D eigenvalue weighted by atomic mass is 16.6. The summed E-state index contributed by atoms with van der Waals surface area (Å²) in [6.45, 7) is 16.1. The lowest BCUT2D eigenvalue weighted by atomic mass is 10.2. The third-order valence-electron chi connectivity index (χ3n) is 7.12. The smallest absolute Gasteiger partial charge is 0.426 e. The number of nitrogens with zero attached hydrogens (tertiary/aromatic N) is 4. The highest BCUT2D eigenvalue weighted by Gasteiger charge is 2.37. The lowest BCUT2D eigenvalue weighted by molar-refractivity contribution is -0.142. The van der Waals surface area contributed by atoms with Crippen LogP contribution in [-0.4, -0.2) is 162 Å². The van der Waals surface area contributed by atoms with Crippen molar-refractivity contribution in [2.45, 2.75) is 117 Å². The fraction of sp³-hybridized carbons (Fsp3) is 0.743. The average molecular weight is 833 g/mol. The normalized spacial score (nSPS) is 16.0. The Morgan fingerprint density at radius 3 is 1.29 bits per heavy atom. The summed E-state index contributed by atoms with van der Waals surface area (Å²) in [5.41, 5.74) is 6.62. The Bertz CT molecular complexity index is 1450. The van der Waals surface area contributed by atoms with Gasteiger partial charge in [-0.2, -0.15) is 0 Å². The summed E-state index contributed by atoms with van der Waals surface area (Å²) in [6.07, 6.45) is 0.495. The first-order valence-corrected chi connectivity index (χ1v) is 18.4. The van der Waals surface area contributed by atoms with Crippen molar-refractivity contribution in [3.63, 3.8) is 0 Å². The van der Waals surface area contributed by atoms with Gasteiger partial charge in [0, 0.05) is 41.3 Å². The van der Waals surface area contributed by atoms with Crippen LogP contribution >= 0.6 is 0 Å². The summed E-state index contributed by atoms with van der Waals surface area (Å²) in [4.78, 5) is 109. The van der Waals surface area contributed by atoms with Gasteiger partial charge in [-0.25, -0.2) is 45.0 Å². The number of hydrogen-bond acceptors (Lipinski definition) is 12. The highest BCUT2D eigenvalue weighted by molar-refractivity contribution is 5.89. The molecule has 58 heavy (non-hydrogen) atoms. The molecule has 0 aromatic rings. The van der Waals surface area contributed by atoms with Crippen LogP contribution in [0.15, 0.2) is 0 Å². The Labute approximate surface area is 339 Å². The van der Waals surface area contributed by atoms with Crippen molar-refractivity contribution < 1.29 is 62.5 Å². The zero-order chi connectivity index (χ0) is 45.2. The van der Waals surface area contributed by atoms with Gasteiger partial charge in [0.1, 0.15) is 28.9 Å². The van der Waals surface area contributed by atoms with E-state index in [0.717, 1.165) is 6.42 Å². The van der Waals surface area contributed by atoms with E-state index in [1.807, 2.05) is 5.43 Å². The molecule has 23 nitrogen and oxygen atoms in total. The van der Waals surface area contributed by atoms with Crippen molar-refractivity contribution >= 4 is 54.0 Å². The van der Waals surface area contributed by atoms with Gasteiger partial charge in [0.05, 0.1) is 13.1 Å². The molecule has 2 saturated heterocycles. The van der Waals surface area contributed by atoms with Gasteiger partial charge in [-0.05, 0) is 88.0 Å². The number of likely N-dealkylation sites (tertiary alicyclic amines) is 2. The summed E-state index contributed by atoms with van der Waals surface area (Å²) in [5, 5.41) is 13.5. The van der Waals surface area contributed by atoms with Crippen molar-refractivity contribution in [2.24, 2.45) is 0 Å². The SMILES string of the molecule is CC(C)(C)OC(=O)N1CCC[C@H]1C(=O)O.CN(C)C(=O)CNC(=O)NNC(=O)OC(C)(C)C.CN(C)C(=O)CNC(=O)NNC(=O)[C@@H]1CCCN1C(=O)OC(C)(C)C. The number of hydrogen-bond donors (Lipinski definition) is 7. The van der Waals surface area contributed by atoms with E-state index in [1.165, 1.54) is 19.6 Å². The van der Waals surface area contributed by atoms with E-state index in [4.69, 9.17) is 19.3 Å². The maximum atomic E-state index is 12.2. The van der Waals surface area contributed by atoms with Gasteiger partial charge in [-0.3, -0.25) is 29.6 Å². The van der Waals surface area contributed by atoms with Gasteiger partial charge in [0.15, 0.2) is 0 Å². The average Bonchev–Trinajstić information content (AvgIpc) is 3.77. The van der Waals surface area contributed by atoms with Crippen LogP contribution in [0.4, 0.5) is 24.0 Å². The number of urea groups is 2. The van der Waals surface area contributed by atoms with Crippen molar-refractivity contribution in [3.8, 4) is 0 Å². The molecule has 10 amide bonds. The summed E-state index contributed by atoms with van der Waals surface area (Å²) in [7, 11) is 6.27. The molecular weight excluding hydrogens is 768 g/mol. The Morgan fingerprint density at radius 1 is 0.569 bits per heavy atom. The fourth-order valence-electron chi connectivity index (χ4n) is 4.47. The van der Waals surface area contributed by atoms with Crippen LogP contribution < -0.4 is 32.3 Å². The minimum atomic E-state index is -0.960.